The molecule has 2 aromatic heterocycles. The molecule has 0 fully saturated rings. The Balaban J connectivity index is 1.91. The van der Waals surface area contributed by atoms with E-state index in [0.717, 1.165) is 0 Å². The minimum absolute atomic E-state index is 0.702. The summed E-state index contributed by atoms with van der Waals surface area (Å²) in [5.41, 5.74) is 0. The summed E-state index contributed by atoms with van der Waals surface area (Å²) in [5, 5.41) is 8.88. The van der Waals surface area contributed by atoms with Crippen molar-refractivity contribution in [2.45, 2.75) is 0 Å². The molecule has 0 spiro atoms. The standard InChI is InChI=1S/C8H6S2Se2/c1-3-9-5-7(1)11-12-8-2-4-10-6-8/h1-6H. The van der Waals surface area contributed by atoms with E-state index in [1.54, 1.807) is 31.6 Å². The zero-order chi connectivity index (χ0) is 8.23. The first-order valence-corrected chi connectivity index (χ1v) is 11.3. The van der Waals surface area contributed by atoms with Crippen LogP contribution in [0.25, 0.3) is 0 Å². The van der Waals surface area contributed by atoms with Gasteiger partial charge in [0.2, 0.25) is 0 Å². The van der Waals surface area contributed by atoms with E-state index < -0.39 is 0 Å². The van der Waals surface area contributed by atoms with Crippen LogP contribution < -0.4 is 8.92 Å². The Labute approximate surface area is 90.9 Å². The zero-order valence-electron chi connectivity index (χ0n) is 6.10. The van der Waals surface area contributed by atoms with Crippen molar-refractivity contribution in [1.29, 1.82) is 0 Å². The molecule has 0 bridgehead atoms. The molecule has 0 saturated carbocycles. The Bertz CT molecular complexity index is 278. The van der Waals surface area contributed by atoms with Gasteiger partial charge in [-0.25, -0.2) is 0 Å². The van der Waals surface area contributed by atoms with E-state index in [2.05, 4.69) is 33.7 Å². The minimum atomic E-state index is 0.702. The second-order valence-corrected chi connectivity index (χ2v) is 9.96. The summed E-state index contributed by atoms with van der Waals surface area (Å²) < 4.78 is 3.11. The second kappa shape index (κ2) is 4.61. The first-order chi connectivity index (χ1) is 5.95. The van der Waals surface area contributed by atoms with Crippen molar-refractivity contribution >= 4 is 57.9 Å². The van der Waals surface area contributed by atoms with Gasteiger partial charge in [-0.3, -0.25) is 0 Å². The Morgan fingerprint density at radius 1 is 0.833 bits per heavy atom. The molecule has 12 heavy (non-hydrogen) atoms. The zero-order valence-corrected chi connectivity index (χ0v) is 11.2. The van der Waals surface area contributed by atoms with E-state index in [-0.39, 0.29) is 0 Å². The molecule has 62 valence electrons. The van der Waals surface area contributed by atoms with Gasteiger partial charge in [-0.05, 0) is 0 Å². The molecule has 0 aliphatic rings. The molecule has 0 amide bonds. The van der Waals surface area contributed by atoms with E-state index >= 15 is 0 Å². The van der Waals surface area contributed by atoms with Crippen molar-refractivity contribution in [2.75, 3.05) is 0 Å². The summed E-state index contributed by atoms with van der Waals surface area (Å²) in [6, 6.07) is 4.50. The predicted octanol–water partition coefficient (Wildman–Crippen LogP) is 1.08. The second-order valence-electron chi connectivity index (χ2n) is 2.08. The van der Waals surface area contributed by atoms with Crippen LogP contribution in [0, 0.1) is 0 Å². The van der Waals surface area contributed by atoms with Gasteiger partial charge < -0.3 is 0 Å². The monoisotopic (exact) mass is 326 g/mol. The topological polar surface area (TPSA) is 0 Å². The van der Waals surface area contributed by atoms with Crippen LogP contribution >= 0.6 is 22.7 Å². The third-order valence-electron chi connectivity index (χ3n) is 1.22. The first-order valence-electron chi connectivity index (χ1n) is 3.34. The Morgan fingerprint density at radius 3 is 1.67 bits per heavy atom. The molecule has 0 aliphatic carbocycles. The van der Waals surface area contributed by atoms with Crippen molar-refractivity contribution in [3.63, 3.8) is 0 Å². The van der Waals surface area contributed by atoms with Crippen molar-refractivity contribution in [1.82, 2.24) is 0 Å². The molecule has 0 aromatic carbocycles. The SMILES string of the molecule is c1cc([Se][Se]c2ccsc2)cs1. The van der Waals surface area contributed by atoms with E-state index in [9.17, 15) is 0 Å². The summed E-state index contributed by atoms with van der Waals surface area (Å²) >= 11 is 5.01. The summed E-state index contributed by atoms with van der Waals surface area (Å²) in [7, 11) is 0. The fourth-order valence-corrected chi connectivity index (χ4v) is 10.2. The normalized spacial score (nSPS) is 10.3. The van der Waals surface area contributed by atoms with Crippen LogP contribution in [0.1, 0.15) is 0 Å². The maximum absolute atomic E-state index is 2.27. The number of hydrogen-bond donors (Lipinski definition) is 0. The van der Waals surface area contributed by atoms with Gasteiger partial charge in [-0.2, -0.15) is 0 Å². The maximum atomic E-state index is 2.27. The fourth-order valence-electron chi connectivity index (χ4n) is 0.695. The third-order valence-corrected chi connectivity index (χ3v) is 10.4. The summed E-state index contributed by atoms with van der Waals surface area (Å²) in [6.45, 7) is 0. The van der Waals surface area contributed by atoms with Crippen molar-refractivity contribution in [3.05, 3.63) is 33.7 Å². The van der Waals surface area contributed by atoms with Gasteiger partial charge in [0.1, 0.15) is 0 Å². The van der Waals surface area contributed by atoms with Crippen molar-refractivity contribution < 1.29 is 0 Å². The third kappa shape index (κ3) is 2.46. The fraction of sp³-hybridized carbons (Fsp3) is 0. The van der Waals surface area contributed by atoms with Crippen LogP contribution in [-0.4, -0.2) is 26.3 Å². The Kier molecular flexibility index (Phi) is 3.46. The molecule has 4 heteroatoms. The summed E-state index contributed by atoms with van der Waals surface area (Å²) in [4.78, 5) is 0. The van der Waals surface area contributed by atoms with Gasteiger partial charge >= 0.3 is 91.5 Å². The first kappa shape index (κ1) is 9.01. The molecule has 2 aromatic rings. The molecule has 0 atom stereocenters. The van der Waals surface area contributed by atoms with Crippen LogP contribution in [0.2, 0.25) is 0 Å². The van der Waals surface area contributed by atoms with Gasteiger partial charge in [0.25, 0.3) is 0 Å². The van der Waals surface area contributed by atoms with Crippen LogP contribution in [0.5, 0.6) is 0 Å². The van der Waals surface area contributed by atoms with Gasteiger partial charge in [0, 0.05) is 0 Å². The summed E-state index contributed by atoms with van der Waals surface area (Å²) in [6.07, 6.45) is 0. The molecule has 0 unspecified atom stereocenters. The molecule has 0 nitrogen and oxygen atoms in total. The molecule has 2 heterocycles. The van der Waals surface area contributed by atoms with Gasteiger partial charge in [0.05, 0.1) is 0 Å². The van der Waals surface area contributed by atoms with E-state index in [4.69, 9.17) is 0 Å². The average Bonchev–Trinajstić information content (AvgIpc) is 2.74. The van der Waals surface area contributed by atoms with Gasteiger partial charge in [-0.1, -0.05) is 0 Å². The van der Waals surface area contributed by atoms with Crippen LogP contribution in [0.3, 0.4) is 0 Å². The van der Waals surface area contributed by atoms with Crippen LogP contribution in [0.15, 0.2) is 33.7 Å². The molecule has 0 radical (unpaired) electrons. The van der Waals surface area contributed by atoms with E-state index in [0.29, 0.717) is 26.3 Å². The van der Waals surface area contributed by atoms with Gasteiger partial charge in [-0.15, -0.1) is 0 Å². The molecular formula is C8H6S2Se2. The van der Waals surface area contributed by atoms with Crippen LogP contribution in [0.4, 0.5) is 0 Å². The molecule has 0 aliphatic heterocycles. The molecule has 0 N–H and O–H groups in total. The van der Waals surface area contributed by atoms with Gasteiger partial charge in [0.15, 0.2) is 0 Å². The van der Waals surface area contributed by atoms with Crippen molar-refractivity contribution in [3.8, 4) is 0 Å². The Hall–Kier alpha value is 0.439. The van der Waals surface area contributed by atoms with Crippen LogP contribution in [-0.2, 0) is 0 Å². The quantitative estimate of drug-likeness (QED) is 0.742. The number of rotatable bonds is 3. The number of thiophene rings is 2. The Morgan fingerprint density at radius 2 is 1.33 bits per heavy atom. The number of hydrogen-bond acceptors (Lipinski definition) is 2. The molecule has 2 rings (SSSR count). The van der Waals surface area contributed by atoms with Crippen molar-refractivity contribution in [2.24, 2.45) is 0 Å². The molecule has 0 saturated heterocycles. The predicted molar refractivity (Wildman–Crippen MR) is 59.4 cm³/mol. The summed E-state index contributed by atoms with van der Waals surface area (Å²) in [5.74, 6) is 0. The average molecular weight is 324 g/mol. The van der Waals surface area contributed by atoms with E-state index in [1.165, 1.54) is 0 Å². The molecular weight excluding hydrogens is 318 g/mol. The van der Waals surface area contributed by atoms with E-state index in [1.807, 2.05) is 0 Å².